The van der Waals surface area contributed by atoms with Gasteiger partial charge in [0.25, 0.3) is 0 Å². The van der Waals surface area contributed by atoms with Gasteiger partial charge in [-0.25, -0.2) is 0 Å². The minimum Gasteiger partial charge on any atom is -0.329 e. The zero-order valence-corrected chi connectivity index (χ0v) is 8.01. The van der Waals surface area contributed by atoms with Gasteiger partial charge in [0, 0.05) is 19.1 Å². The highest BCUT2D eigenvalue weighted by atomic mass is 14.6. The highest BCUT2D eigenvalue weighted by Crippen LogP contribution is 1.99. The van der Waals surface area contributed by atoms with Crippen LogP contribution in [0, 0.1) is 5.92 Å². The molecule has 1 unspecified atom stereocenters. The molecule has 0 spiro atoms. The van der Waals surface area contributed by atoms with Gasteiger partial charge in [-0.3, -0.25) is 0 Å². The Labute approximate surface area is 70.3 Å². The van der Waals surface area contributed by atoms with Gasteiger partial charge in [0.15, 0.2) is 0 Å². The highest BCUT2D eigenvalue weighted by molar-refractivity contribution is 4.60. The molecule has 0 aromatic rings. The smallest absolute Gasteiger partial charge is 0.00592 e. The maximum absolute atomic E-state index is 5.62. The molecule has 0 amide bonds. The summed E-state index contributed by atoms with van der Waals surface area (Å²) in [6.45, 7) is 7.60. The molecule has 0 aliphatic rings. The van der Waals surface area contributed by atoms with Crippen LogP contribution in [0.1, 0.15) is 27.2 Å². The molecule has 0 rings (SSSR count). The largest absolute Gasteiger partial charge is 0.329 e. The van der Waals surface area contributed by atoms with E-state index in [1.54, 1.807) is 0 Å². The van der Waals surface area contributed by atoms with Crippen LogP contribution in [0.3, 0.4) is 0 Å². The quantitative estimate of drug-likeness (QED) is 0.556. The van der Waals surface area contributed by atoms with Crippen molar-refractivity contribution in [1.82, 2.24) is 0 Å². The van der Waals surface area contributed by atoms with E-state index in [1.807, 2.05) is 0 Å². The van der Waals surface area contributed by atoms with Crippen molar-refractivity contribution in [2.75, 3.05) is 13.1 Å². The van der Waals surface area contributed by atoms with Gasteiger partial charge in [0.05, 0.1) is 0 Å². The Kier molecular flexibility index (Phi) is 12.1. The maximum Gasteiger partial charge on any atom is 0.00592 e. The molecular formula is C8H23N3. The van der Waals surface area contributed by atoms with Gasteiger partial charge in [-0.05, 0) is 12.3 Å². The molecule has 70 valence electrons. The van der Waals surface area contributed by atoms with Crippen LogP contribution in [0.5, 0.6) is 0 Å². The Bertz CT molecular complexity index is 62.4. The fourth-order valence-electron chi connectivity index (χ4n) is 0.471. The average molecular weight is 161 g/mol. The normalized spacial score (nSPS) is 12.3. The van der Waals surface area contributed by atoms with Gasteiger partial charge in [-0.1, -0.05) is 20.8 Å². The first-order chi connectivity index (χ1) is 5.09. The zero-order valence-electron chi connectivity index (χ0n) is 8.01. The Morgan fingerprint density at radius 2 is 1.45 bits per heavy atom. The first kappa shape index (κ1) is 13.5. The topological polar surface area (TPSA) is 78.1 Å². The lowest BCUT2D eigenvalue weighted by Gasteiger charge is -2.10. The van der Waals surface area contributed by atoms with Crippen LogP contribution in [-0.4, -0.2) is 19.1 Å². The molecule has 0 radical (unpaired) electrons. The van der Waals surface area contributed by atoms with Crippen LogP contribution in [0.15, 0.2) is 0 Å². The van der Waals surface area contributed by atoms with Crippen molar-refractivity contribution in [2.24, 2.45) is 23.1 Å². The molecule has 0 aliphatic carbocycles. The van der Waals surface area contributed by atoms with Crippen molar-refractivity contribution in [2.45, 2.75) is 33.2 Å². The third-order valence-corrected chi connectivity index (χ3v) is 1.49. The maximum atomic E-state index is 5.62. The molecule has 0 saturated carbocycles. The second-order valence-electron chi connectivity index (χ2n) is 2.89. The van der Waals surface area contributed by atoms with Gasteiger partial charge in [-0.2, -0.15) is 0 Å². The first-order valence-corrected chi connectivity index (χ1v) is 4.25. The lowest BCUT2D eigenvalue weighted by atomic mass is 10.0. The Morgan fingerprint density at radius 3 is 1.45 bits per heavy atom. The fourth-order valence-corrected chi connectivity index (χ4v) is 0.471. The number of rotatable bonds is 3. The summed E-state index contributed by atoms with van der Waals surface area (Å²) in [5, 5.41) is 0. The molecule has 0 saturated heterocycles. The van der Waals surface area contributed by atoms with E-state index >= 15 is 0 Å². The van der Waals surface area contributed by atoms with Crippen molar-refractivity contribution in [3.63, 3.8) is 0 Å². The Hall–Kier alpha value is -0.120. The monoisotopic (exact) mass is 161 g/mol. The van der Waals surface area contributed by atoms with Gasteiger partial charge in [0.2, 0.25) is 0 Å². The first-order valence-electron chi connectivity index (χ1n) is 4.25. The van der Waals surface area contributed by atoms with E-state index in [9.17, 15) is 0 Å². The highest BCUT2D eigenvalue weighted by Gasteiger charge is 2.01. The predicted molar refractivity (Wildman–Crippen MR) is 51.2 cm³/mol. The summed E-state index contributed by atoms with van der Waals surface area (Å²) in [5.74, 6) is 0.644. The summed E-state index contributed by atoms with van der Waals surface area (Å²) in [6.07, 6.45) is 1.09. The van der Waals surface area contributed by atoms with E-state index < -0.39 is 0 Å². The standard InChI is InChI=1S/C6H15N.C2H8N2/c1-4-6(7)5(2)3;3-1-2-4/h5-6H,4,7H2,1-3H3;1-4H2. The van der Waals surface area contributed by atoms with Crippen LogP contribution in [0.4, 0.5) is 0 Å². The number of hydrogen-bond donors (Lipinski definition) is 3. The molecule has 11 heavy (non-hydrogen) atoms. The van der Waals surface area contributed by atoms with Gasteiger partial charge < -0.3 is 17.2 Å². The molecule has 1 atom stereocenters. The average Bonchev–Trinajstić information content (AvgIpc) is 2.03. The van der Waals surface area contributed by atoms with Crippen molar-refractivity contribution in [1.29, 1.82) is 0 Å². The van der Waals surface area contributed by atoms with Gasteiger partial charge in [0.1, 0.15) is 0 Å². The summed E-state index contributed by atoms with van der Waals surface area (Å²) >= 11 is 0. The summed E-state index contributed by atoms with van der Waals surface area (Å²) in [6, 6.07) is 0.403. The van der Waals surface area contributed by atoms with E-state index in [2.05, 4.69) is 20.8 Å². The Morgan fingerprint density at radius 1 is 1.09 bits per heavy atom. The lowest BCUT2D eigenvalue weighted by Crippen LogP contribution is -2.24. The third-order valence-electron chi connectivity index (χ3n) is 1.49. The van der Waals surface area contributed by atoms with E-state index in [0.29, 0.717) is 25.0 Å². The van der Waals surface area contributed by atoms with Crippen molar-refractivity contribution < 1.29 is 0 Å². The molecule has 0 bridgehead atoms. The second-order valence-corrected chi connectivity index (χ2v) is 2.89. The minimum absolute atomic E-state index is 0.403. The molecule has 0 heterocycles. The molecule has 3 nitrogen and oxygen atoms in total. The van der Waals surface area contributed by atoms with E-state index in [4.69, 9.17) is 17.2 Å². The summed E-state index contributed by atoms with van der Waals surface area (Å²) in [4.78, 5) is 0. The second kappa shape index (κ2) is 9.88. The molecule has 0 aromatic heterocycles. The zero-order chi connectivity index (χ0) is 9.28. The van der Waals surface area contributed by atoms with Crippen LogP contribution in [0.2, 0.25) is 0 Å². The van der Waals surface area contributed by atoms with Crippen molar-refractivity contribution in [3.05, 3.63) is 0 Å². The van der Waals surface area contributed by atoms with Gasteiger partial charge >= 0.3 is 0 Å². The third kappa shape index (κ3) is 13.0. The minimum atomic E-state index is 0.403. The SMILES string of the molecule is CCC(N)C(C)C.NCCN. The lowest BCUT2D eigenvalue weighted by molar-refractivity contribution is 0.481. The number of hydrogen-bond acceptors (Lipinski definition) is 3. The summed E-state index contributed by atoms with van der Waals surface area (Å²) in [5.41, 5.74) is 15.4. The van der Waals surface area contributed by atoms with Gasteiger partial charge in [-0.15, -0.1) is 0 Å². The fraction of sp³-hybridized carbons (Fsp3) is 1.00. The molecule has 0 aliphatic heterocycles. The van der Waals surface area contributed by atoms with Crippen molar-refractivity contribution in [3.8, 4) is 0 Å². The molecule has 0 aromatic carbocycles. The van der Waals surface area contributed by atoms with E-state index in [-0.39, 0.29) is 0 Å². The van der Waals surface area contributed by atoms with Crippen LogP contribution < -0.4 is 17.2 Å². The molecular weight excluding hydrogens is 138 g/mol. The van der Waals surface area contributed by atoms with Crippen LogP contribution in [0.25, 0.3) is 0 Å². The molecule has 6 N–H and O–H groups in total. The summed E-state index contributed by atoms with van der Waals surface area (Å²) in [7, 11) is 0. The van der Waals surface area contributed by atoms with Crippen LogP contribution in [-0.2, 0) is 0 Å². The number of nitrogens with two attached hydrogens (primary N) is 3. The van der Waals surface area contributed by atoms with E-state index in [1.165, 1.54) is 0 Å². The van der Waals surface area contributed by atoms with E-state index in [0.717, 1.165) is 6.42 Å². The summed E-state index contributed by atoms with van der Waals surface area (Å²) < 4.78 is 0. The molecule has 0 fully saturated rings. The predicted octanol–water partition coefficient (Wildman–Crippen LogP) is 0.284. The molecule has 3 heteroatoms. The van der Waals surface area contributed by atoms with Crippen LogP contribution >= 0.6 is 0 Å². The Balaban J connectivity index is 0. The van der Waals surface area contributed by atoms with Crippen molar-refractivity contribution >= 4 is 0 Å².